The van der Waals surface area contributed by atoms with Crippen LogP contribution in [-0.2, 0) is 19.5 Å². The molecule has 0 bridgehead atoms. The van der Waals surface area contributed by atoms with E-state index in [2.05, 4.69) is 53.1 Å². The fourth-order valence-electron chi connectivity index (χ4n) is 2.89. The summed E-state index contributed by atoms with van der Waals surface area (Å²) in [6, 6.07) is 12.0. The normalized spacial score (nSPS) is 11.5. The van der Waals surface area contributed by atoms with Crippen LogP contribution in [0.3, 0.4) is 0 Å². The summed E-state index contributed by atoms with van der Waals surface area (Å²) in [5, 5.41) is 5.34. The Hall–Kier alpha value is -2.05. The monoisotopic (exact) mass is 356 g/mol. The molecule has 132 valence electrons. The summed E-state index contributed by atoms with van der Waals surface area (Å²) >= 11 is 1.52. The van der Waals surface area contributed by atoms with Gasteiger partial charge in [0.25, 0.3) is 5.56 Å². The highest BCUT2D eigenvalue weighted by Gasteiger charge is 2.12. The maximum atomic E-state index is 12.4. The molecule has 0 spiro atoms. The van der Waals surface area contributed by atoms with Gasteiger partial charge in [0, 0.05) is 25.6 Å². The minimum atomic E-state index is -0.0882. The minimum Gasteiger partial charge on any atom is -0.293 e. The van der Waals surface area contributed by atoms with Gasteiger partial charge < -0.3 is 0 Å². The summed E-state index contributed by atoms with van der Waals surface area (Å²) in [4.78, 5) is 20.1. The molecule has 2 heterocycles. The molecule has 3 rings (SSSR count). The van der Waals surface area contributed by atoms with Gasteiger partial charge in [-0.05, 0) is 24.9 Å². The second-order valence-electron chi connectivity index (χ2n) is 6.22. The van der Waals surface area contributed by atoms with Gasteiger partial charge in [0.15, 0.2) is 0 Å². The van der Waals surface area contributed by atoms with Crippen LogP contribution in [0.1, 0.15) is 43.0 Å². The van der Waals surface area contributed by atoms with Crippen LogP contribution >= 0.6 is 11.3 Å². The largest absolute Gasteiger partial charge is 0.293 e. The zero-order valence-electron chi connectivity index (χ0n) is 14.8. The molecule has 0 N–H and O–H groups in total. The van der Waals surface area contributed by atoms with Gasteiger partial charge in [-0.1, -0.05) is 55.5 Å². The number of aryl methyl sites for hydroxylation is 1. The van der Waals surface area contributed by atoms with E-state index in [4.69, 9.17) is 0 Å². The molecule has 25 heavy (non-hydrogen) atoms. The maximum absolute atomic E-state index is 12.4. The quantitative estimate of drug-likeness (QED) is 0.620. The molecule has 0 fully saturated rings. The smallest absolute Gasteiger partial charge is 0.275 e. The van der Waals surface area contributed by atoms with Crippen LogP contribution in [0.25, 0.3) is 4.96 Å². The molecule has 2 aromatic heterocycles. The van der Waals surface area contributed by atoms with Crippen molar-refractivity contribution in [2.75, 3.05) is 6.54 Å². The molecule has 0 aliphatic carbocycles. The standard InChI is InChI=1S/C19H24N4OS/c1-3-8-17-21-23-18(24)12-16(20-19(23)25-17)14-22(11-4-2)13-15-9-6-5-7-10-15/h5-7,9-10,12H,3-4,8,11,13-14H2,1-2H3. The van der Waals surface area contributed by atoms with Crippen molar-refractivity contribution in [1.29, 1.82) is 0 Å². The van der Waals surface area contributed by atoms with E-state index in [0.717, 1.165) is 43.1 Å². The van der Waals surface area contributed by atoms with E-state index in [-0.39, 0.29) is 5.56 Å². The highest BCUT2D eigenvalue weighted by Crippen LogP contribution is 2.14. The summed E-state index contributed by atoms with van der Waals surface area (Å²) in [5.74, 6) is 0. The summed E-state index contributed by atoms with van der Waals surface area (Å²) in [5.41, 5.74) is 2.01. The molecule has 3 aromatic rings. The number of rotatable bonds is 8. The first-order valence-corrected chi connectivity index (χ1v) is 9.66. The Morgan fingerprint density at radius 3 is 2.64 bits per heavy atom. The minimum absolute atomic E-state index is 0.0882. The van der Waals surface area contributed by atoms with E-state index in [1.807, 2.05) is 6.07 Å². The first kappa shape index (κ1) is 17.8. The van der Waals surface area contributed by atoms with Gasteiger partial charge in [0.05, 0.1) is 5.69 Å². The van der Waals surface area contributed by atoms with Crippen LogP contribution < -0.4 is 5.56 Å². The van der Waals surface area contributed by atoms with E-state index in [1.54, 1.807) is 6.07 Å². The molecule has 0 atom stereocenters. The first-order chi connectivity index (χ1) is 12.2. The highest BCUT2D eigenvalue weighted by molar-refractivity contribution is 7.16. The molecule has 0 amide bonds. The third kappa shape index (κ3) is 4.52. The fraction of sp³-hybridized carbons (Fsp3) is 0.421. The van der Waals surface area contributed by atoms with Gasteiger partial charge in [-0.25, -0.2) is 4.98 Å². The molecule has 0 saturated carbocycles. The Morgan fingerprint density at radius 2 is 1.92 bits per heavy atom. The molecular formula is C19H24N4OS. The Bertz CT molecular complexity index is 872. The Labute approximate surface area is 152 Å². The molecule has 0 aliphatic rings. The van der Waals surface area contributed by atoms with E-state index in [9.17, 15) is 4.79 Å². The number of hydrogen-bond acceptors (Lipinski definition) is 5. The second kappa shape index (κ2) is 8.36. The fourth-order valence-corrected chi connectivity index (χ4v) is 3.91. The van der Waals surface area contributed by atoms with Gasteiger partial charge in [-0.15, -0.1) is 0 Å². The van der Waals surface area contributed by atoms with Gasteiger partial charge in [0.1, 0.15) is 5.01 Å². The lowest BCUT2D eigenvalue weighted by molar-refractivity contribution is 0.254. The lowest BCUT2D eigenvalue weighted by Crippen LogP contribution is -2.26. The highest BCUT2D eigenvalue weighted by atomic mass is 32.1. The van der Waals surface area contributed by atoms with Crippen molar-refractivity contribution in [1.82, 2.24) is 19.5 Å². The SMILES string of the molecule is CCCc1nn2c(=O)cc(CN(CCC)Cc3ccccc3)nc2s1. The average Bonchev–Trinajstić information content (AvgIpc) is 2.99. The molecule has 5 nitrogen and oxygen atoms in total. The van der Waals surface area contributed by atoms with Crippen LogP contribution in [0.5, 0.6) is 0 Å². The summed E-state index contributed by atoms with van der Waals surface area (Å²) < 4.78 is 1.43. The van der Waals surface area contributed by atoms with Gasteiger partial charge in [-0.2, -0.15) is 9.61 Å². The summed E-state index contributed by atoms with van der Waals surface area (Å²) in [7, 11) is 0. The zero-order valence-corrected chi connectivity index (χ0v) is 15.6. The van der Waals surface area contributed by atoms with Crippen molar-refractivity contribution in [3.05, 3.63) is 63.0 Å². The Balaban J connectivity index is 1.82. The third-order valence-electron chi connectivity index (χ3n) is 3.98. The Morgan fingerprint density at radius 1 is 1.12 bits per heavy atom. The van der Waals surface area contributed by atoms with Crippen molar-refractivity contribution in [2.24, 2.45) is 0 Å². The molecule has 0 aliphatic heterocycles. The van der Waals surface area contributed by atoms with Crippen LogP contribution in [0.15, 0.2) is 41.2 Å². The number of aromatic nitrogens is 3. The summed E-state index contributed by atoms with van der Waals surface area (Å²) in [6.07, 6.45) is 2.97. The van der Waals surface area contributed by atoms with Gasteiger partial charge in [0.2, 0.25) is 4.96 Å². The van der Waals surface area contributed by atoms with Crippen molar-refractivity contribution >= 4 is 16.3 Å². The van der Waals surface area contributed by atoms with Gasteiger partial charge in [-0.3, -0.25) is 9.69 Å². The zero-order chi connectivity index (χ0) is 17.6. The first-order valence-electron chi connectivity index (χ1n) is 8.84. The topological polar surface area (TPSA) is 50.5 Å². The predicted octanol–water partition coefficient (Wildman–Crippen LogP) is 3.52. The summed E-state index contributed by atoms with van der Waals surface area (Å²) in [6.45, 7) is 6.79. The van der Waals surface area contributed by atoms with Crippen LogP contribution in [-0.4, -0.2) is 26.0 Å². The van der Waals surface area contributed by atoms with Crippen molar-refractivity contribution in [2.45, 2.75) is 46.2 Å². The third-order valence-corrected chi connectivity index (χ3v) is 4.95. The van der Waals surface area contributed by atoms with Crippen LogP contribution in [0.2, 0.25) is 0 Å². The Kier molecular flexibility index (Phi) is 5.94. The van der Waals surface area contributed by atoms with E-state index >= 15 is 0 Å². The molecular weight excluding hydrogens is 332 g/mol. The van der Waals surface area contributed by atoms with Crippen LogP contribution in [0, 0.1) is 0 Å². The number of nitrogens with zero attached hydrogens (tertiary/aromatic N) is 4. The number of benzene rings is 1. The number of hydrogen-bond donors (Lipinski definition) is 0. The van der Waals surface area contributed by atoms with E-state index in [1.165, 1.54) is 21.4 Å². The lowest BCUT2D eigenvalue weighted by atomic mass is 10.2. The average molecular weight is 356 g/mol. The number of fused-ring (bicyclic) bond motifs is 1. The van der Waals surface area contributed by atoms with Crippen LogP contribution in [0.4, 0.5) is 0 Å². The van der Waals surface area contributed by atoms with Crippen molar-refractivity contribution < 1.29 is 0 Å². The van der Waals surface area contributed by atoms with Crippen molar-refractivity contribution in [3.63, 3.8) is 0 Å². The molecule has 0 unspecified atom stereocenters. The van der Waals surface area contributed by atoms with E-state index in [0.29, 0.717) is 11.5 Å². The maximum Gasteiger partial charge on any atom is 0.275 e. The molecule has 6 heteroatoms. The predicted molar refractivity (Wildman–Crippen MR) is 102 cm³/mol. The molecule has 1 aromatic carbocycles. The molecule has 0 saturated heterocycles. The second-order valence-corrected chi connectivity index (χ2v) is 7.26. The molecule has 0 radical (unpaired) electrons. The lowest BCUT2D eigenvalue weighted by Gasteiger charge is -2.21. The van der Waals surface area contributed by atoms with E-state index < -0.39 is 0 Å². The van der Waals surface area contributed by atoms with Gasteiger partial charge >= 0.3 is 0 Å². The van der Waals surface area contributed by atoms with Crippen molar-refractivity contribution in [3.8, 4) is 0 Å².